The Morgan fingerprint density at radius 2 is 2.44 bits per heavy atom. The molecule has 1 aromatic heterocycles. The van der Waals surface area contributed by atoms with Gasteiger partial charge in [0.05, 0.1) is 4.75 Å². The van der Waals surface area contributed by atoms with Crippen LogP contribution in [0.5, 0.6) is 0 Å². The number of rotatable bonds is 1. The van der Waals surface area contributed by atoms with E-state index in [0.717, 1.165) is 5.16 Å². The second-order valence-corrected chi connectivity index (χ2v) is 5.23. The predicted octanol–water partition coefficient (Wildman–Crippen LogP) is 0.680. The zero-order valence-corrected chi connectivity index (χ0v) is 9.91. The highest BCUT2D eigenvalue weighted by Gasteiger charge is 2.39. The number of thioether (sulfide) groups is 1. The number of amides is 1. The maximum Gasteiger partial charge on any atom is 0.433 e. The van der Waals surface area contributed by atoms with Crippen LogP contribution in [0.1, 0.15) is 13.8 Å². The molecule has 16 heavy (non-hydrogen) atoms. The fraction of sp³-hybridized carbons (Fsp3) is 0.500. The maximum absolute atomic E-state index is 10.9. The Balaban J connectivity index is 2.28. The topological polar surface area (TPSA) is 81.4 Å². The Bertz CT molecular complexity index is 453. The number of aromatic nitrogens is 3. The molecule has 7 nitrogen and oxygen atoms in total. The van der Waals surface area contributed by atoms with Gasteiger partial charge < -0.3 is 5.32 Å². The van der Waals surface area contributed by atoms with E-state index >= 15 is 0 Å². The third-order valence-electron chi connectivity index (χ3n) is 2.05. The highest BCUT2D eigenvalue weighted by atomic mass is 32.2. The second-order valence-electron chi connectivity index (χ2n) is 3.64. The fourth-order valence-electron chi connectivity index (χ4n) is 1.29. The van der Waals surface area contributed by atoms with Crippen molar-refractivity contribution in [2.24, 2.45) is 5.16 Å². The summed E-state index contributed by atoms with van der Waals surface area (Å²) >= 11 is 1.51. The molecule has 86 valence electrons. The van der Waals surface area contributed by atoms with Crippen molar-refractivity contribution in [1.29, 1.82) is 0 Å². The number of carbonyl (C=O) groups is 1. The minimum Gasteiger partial charge on any atom is -0.323 e. The molecule has 2 rings (SSSR count). The van der Waals surface area contributed by atoms with E-state index in [-0.39, 0.29) is 4.75 Å². The quantitative estimate of drug-likeness (QED) is 0.577. The van der Waals surface area contributed by atoms with Crippen molar-refractivity contribution in [3.8, 4) is 0 Å². The number of hydrogen-bond donors (Lipinski definition) is 1. The van der Waals surface area contributed by atoms with E-state index in [9.17, 15) is 4.79 Å². The SMILES string of the molecule is CNC(=O)ON=C1n2cnnc2SC1(C)C. The van der Waals surface area contributed by atoms with Crippen molar-refractivity contribution in [2.45, 2.75) is 23.8 Å². The van der Waals surface area contributed by atoms with Crippen LogP contribution in [-0.4, -0.2) is 38.5 Å². The van der Waals surface area contributed by atoms with Gasteiger partial charge in [-0.3, -0.25) is 9.40 Å². The summed E-state index contributed by atoms with van der Waals surface area (Å²) in [6.07, 6.45) is 0.943. The van der Waals surface area contributed by atoms with E-state index in [1.807, 2.05) is 13.8 Å². The number of hydrogen-bond acceptors (Lipinski definition) is 6. The second kappa shape index (κ2) is 3.78. The average Bonchev–Trinajstić information content (AvgIpc) is 2.72. The lowest BCUT2D eigenvalue weighted by atomic mass is 10.2. The van der Waals surface area contributed by atoms with E-state index in [0.29, 0.717) is 5.84 Å². The van der Waals surface area contributed by atoms with Gasteiger partial charge in [0.2, 0.25) is 0 Å². The Hall–Kier alpha value is -1.57. The van der Waals surface area contributed by atoms with Crippen molar-refractivity contribution in [3.63, 3.8) is 0 Å². The Kier molecular flexibility index (Phi) is 2.58. The van der Waals surface area contributed by atoms with Crippen LogP contribution in [0.3, 0.4) is 0 Å². The molecule has 0 aromatic carbocycles. The molecular weight excluding hydrogens is 230 g/mol. The van der Waals surface area contributed by atoms with Crippen molar-refractivity contribution in [1.82, 2.24) is 20.1 Å². The van der Waals surface area contributed by atoms with Crippen LogP contribution >= 0.6 is 11.8 Å². The first kappa shape index (κ1) is 10.9. The van der Waals surface area contributed by atoms with Crippen molar-refractivity contribution in [2.75, 3.05) is 7.05 Å². The first-order chi connectivity index (χ1) is 7.54. The molecule has 0 aliphatic carbocycles. The minimum absolute atomic E-state index is 0.292. The number of nitrogens with one attached hydrogen (secondary N) is 1. The molecule has 1 N–H and O–H groups in total. The van der Waals surface area contributed by atoms with Crippen LogP contribution in [0.15, 0.2) is 16.6 Å². The molecule has 1 aliphatic rings. The number of fused-ring (bicyclic) bond motifs is 1. The third kappa shape index (κ3) is 1.75. The molecule has 0 spiro atoms. The lowest BCUT2D eigenvalue weighted by molar-refractivity contribution is 0.152. The summed E-state index contributed by atoms with van der Waals surface area (Å²) in [7, 11) is 1.47. The summed E-state index contributed by atoms with van der Waals surface area (Å²) in [6.45, 7) is 3.94. The van der Waals surface area contributed by atoms with Gasteiger partial charge in [-0.1, -0.05) is 16.9 Å². The molecule has 0 fully saturated rings. The number of nitrogens with zero attached hydrogens (tertiary/aromatic N) is 4. The smallest absolute Gasteiger partial charge is 0.323 e. The molecule has 0 atom stereocenters. The van der Waals surface area contributed by atoms with Gasteiger partial charge in [0.1, 0.15) is 6.33 Å². The molecular formula is C8H11N5O2S. The zero-order valence-electron chi connectivity index (χ0n) is 9.09. The molecule has 1 aliphatic heterocycles. The summed E-state index contributed by atoms with van der Waals surface area (Å²) in [4.78, 5) is 15.6. The van der Waals surface area contributed by atoms with Gasteiger partial charge in [-0.05, 0) is 13.8 Å². The van der Waals surface area contributed by atoms with Crippen LogP contribution in [0.25, 0.3) is 0 Å². The summed E-state index contributed by atoms with van der Waals surface area (Å²) in [6, 6.07) is 0. The van der Waals surface area contributed by atoms with E-state index in [4.69, 9.17) is 0 Å². The van der Waals surface area contributed by atoms with Crippen LogP contribution in [0.2, 0.25) is 0 Å². The molecule has 0 saturated heterocycles. The van der Waals surface area contributed by atoms with Crippen LogP contribution in [0.4, 0.5) is 4.79 Å². The normalized spacial score (nSPS) is 19.6. The van der Waals surface area contributed by atoms with Gasteiger partial charge in [0, 0.05) is 7.05 Å². The van der Waals surface area contributed by atoms with Gasteiger partial charge in [0.15, 0.2) is 11.0 Å². The Morgan fingerprint density at radius 1 is 1.69 bits per heavy atom. The maximum atomic E-state index is 10.9. The number of carbonyl (C=O) groups excluding carboxylic acids is 1. The van der Waals surface area contributed by atoms with Crippen LogP contribution in [0, 0.1) is 0 Å². The Labute approximate surface area is 96.2 Å². The van der Waals surface area contributed by atoms with E-state index in [1.165, 1.54) is 18.8 Å². The largest absolute Gasteiger partial charge is 0.433 e. The molecule has 0 saturated carbocycles. The van der Waals surface area contributed by atoms with Gasteiger partial charge in [-0.15, -0.1) is 10.2 Å². The minimum atomic E-state index is -0.602. The van der Waals surface area contributed by atoms with Gasteiger partial charge >= 0.3 is 6.09 Å². The van der Waals surface area contributed by atoms with Crippen molar-refractivity contribution >= 4 is 23.7 Å². The first-order valence-electron chi connectivity index (χ1n) is 4.61. The number of oxime groups is 1. The van der Waals surface area contributed by atoms with E-state index in [2.05, 4.69) is 25.5 Å². The van der Waals surface area contributed by atoms with E-state index < -0.39 is 6.09 Å². The zero-order chi connectivity index (χ0) is 11.8. The van der Waals surface area contributed by atoms with E-state index in [1.54, 1.807) is 10.9 Å². The summed E-state index contributed by atoms with van der Waals surface area (Å²) in [5.74, 6) is 0.598. The molecule has 1 aromatic rings. The molecule has 0 radical (unpaired) electrons. The molecule has 0 bridgehead atoms. The van der Waals surface area contributed by atoms with Crippen LogP contribution in [-0.2, 0) is 4.84 Å². The fourth-order valence-corrected chi connectivity index (χ4v) is 2.29. The monoisotopic (exact) mass is 241 g/mol. The predicted molar refractivity (Wildman–Crippen MR) is 58.3 cm³/mol. The third-order valence-corrected chi connectivity index (χ3v) is 3.20. The van der Waals surface area contributed by atoms with Crippen molar-refractivity contribution < 1.29 is 9.63 Å². The first-order valence-corrected chi connectivity index (χ1v) is 5.43. The lowest BCUT2D eigenvalue weighted by Crippen LogP contribution is -2.29. The molecule has 0 unspecified atom stereocenters. The van der Waals surface area contributed by atoms with Crippen LogP contribution < -0.4 is 5.32 Å². The summed E-state index contributed by atoms with van der Waals surface area (Å²) in [5.41, 5.74) is 0. The standard InChI is InChI=1S/C8H11N5O2S/c1-8(2)5(12-15-7(14)9-3)13-4-10-11-6(13)16-8/h4H,1-3H3,(H,9,14). The van der Waals surface area contributed by atoms with Gasteiger partial charge in [-0.2, -0.15) is 0 Å². The molecule has 1 amide bonds. The average molecular weight is 241 g/mol. The molecule has 2 heterocycles. The summed E-state index contributed by atoms with van der Waals surface area (Å²) in [5, 5.41) is 14.6. The van der Waals surface area contributed by atoms with Crippen molar-refractivity contribution in [3.05, 3.63) is 6.33 Å². The highest BCUT2D eigenvalue weighted by molar-refractivity contribution is 8.01. The van der Waals surface area contributed by atoms with Gasteiger partial charge in [-0.25, -0.2) is 4.79 Å². The molecule has 8 heteroatoms. The lowest BCUT2D eigenvalue weighted by Gasteiger charge is -2.15. The van der Waals surface area contributed by atoms with Gasteiger partial charge in [0.25, 0.3) is 0 Å². The Morgan fingerprint density at radius 3 is 3.12 bits per heavy atom. The highest BCUT2D eigenvalue weighted by Crippen LogP contribution is 2.39. The summed E-state index contributed by atoms with van der Waals surface area (Å²) < 4.78 is 1.41.